The highest BCUT2D eigenvalue weighted by Crippen LogP contribution is 2.14. The summed E-state index contributed by atoms with van der Waals surface area (Å²) in [5, 5.41) is 11.5. The molecule has 0 fully saturated rings. The Labute approximate surface area is 111 Å². The summed E-state index contributed by atoms with van der Waals surface area (Å²) in [4.78, 5) is 28.1. The molecule has 0 aromatic carbocycles. The highest BCUT2D eigenvalue weighted by Gasteiger charge is 2.07. The van der Waals surface area contributed by atoms with Gasteiger partial charge in [0.05, 0.1) is 13.4 Å². The van der Waals surface area contributed by atoms with E-state index in [1.165, 1.54) is 13.4 Å². The lowest BCUT2D eigenvalue weighted by Gasteiger charge is -2.08. The van der Waals surface area contributed by atoms with Crippen LogP contribution in [0.2, 0.25) is 0 Å². The Morgan fingerprint density at radius 3 is 2.84 bits per heavy atom. The molecule has 106 valence electrons. The third kappa shape index (κ3) is 5.41. The van der Waals surface area contributed by atoms with Crippen molar-refractivity contribution >= 4 is 11.8 Å². The number of methoxy groups -OCH3 is 1. The molecule has 1 aromatic heterocycles. The first-order chi connectivity index (χ1) is 9.15. The van der Waals surface area contributed by atoms with Gasteiger partial charge in [0.2, 0.25) is 5.75 Å². The van der Waals surface area contributed by atoms with Gasteiger partial charge >= 0.3 is 5.97 Å². The number of hydrogen-bond acceptors (Lipinski definition) is 5. The van der Waals surface area contributed by atoms with Crippen molar-refractivity contribution in [2.45, 2.75) is 32.1 Å². The zero-order valence-electron chi connectivity index (χ0n) is 10.9. The molecular weight excluding hydrogens is 250 g/mol. The van der Waals surface area contributed by atoms with Gasteiger partial charge in [0, 0.05) is 13.0 Å². The van der Waals surface area contributed by atoms with E-state index < -0.39 is 5.97 Å². The first-order valence-electron chi connectivity index (χ1n) is 6.22. The van der Waals surface area contributed by atoms with Crippen molar-refractivity contribution in [3.63, 3.8) is 0 Å². The molecule has 0 unspecified atom stereocenters. The van der Waals surface area contributed by atoms with Gasteiger partial charge < -0.3 is 20.1 Å². The largest absolute Gasteiger partial charge is 0.489 e. The summed E-state index contributed by atoms with van der Waals surface area (Å²) in [7, 11) is 1.42. The van der Waals surface area contributed by atoms with E-state index >= 15 is 0 Å². The van der Waals surface area contributed by atoms with Gasteiger partial charge in [-0.3, -0.25) is 9.59 Å². The Bertz CT molecular complexity index is 459. The number of carboxylic acids is 1. The molecule has 0 aliphatic carbocycles. The molecule has 19 heavy (non-hydrogen) atoms. The van der Waals surface area contributed by atoms with E-state index in [4.69, 9.17) is 9.84 Å². The Hall–Kier alpha value is -2.05. The van der Waals surface area contributed by atoms with Crippen LogP contribution in [0.5, 0.6) is 5.75 Å². The normalized spacial score (nSPS) is 10.2. The van der Waals surface area contributed by atoms with Gasteiger partial charge in [0.15, 0.2) is 5.82 Å². The van der Waals surface area contributed by atoms with Gasteiger partial charge in [-0.1, -0.05) is 12.8 Å². The van der Waals surface area contributed by atoms with Crippen LogP contribution in [0.3, 0.4) is 0 Å². The maximum absolute atomic E-state index is 11.4. The maximum Gasteiger partial charge on any atom is 0.303 e. The number of carbonyl (C=O) groups is 1. The second kappa shape index (κ2) is 8.12. The molecule has 0 aliphatic rings. The number of nitrogens with one attached hydrogen (secondary N) is 2. The lowest BCUT2D eigenvalue weighted by molar-refractivity contribution is -0.137. The smallest absolute Gasteiger partial charge is 0.303 e. The van der Waals surface area contributed by atoms with Crippen LogP contribution in [-0.2, 0) is 4.79 Å². The molecule has 3 N–H and O–H groups in total. The van der Waals surface area contributed by atoms with Crippen LogP contribution in [-0.4, -0.2) is 34.7 Å². The fraction of sp³-hybridized carbons (Fsp3) is 0.583. The van der Waals surface area contributed by atoms with Crippen molar-refractivity contribution in [2.75, 3.05) is 19.0 Å². The number of hydrogen-bond donors (Lipinski definition) is 3. The van der Waals surface area contributed by atoms with Crippen LogP contribution in [0, 0.1) is 0 Å². The predicted octanol–water partition coefficient (Wildman–Crippen LogP) is 1.23. The molecule has 0 aliphatic heterocycles. The fourth-order valence-corrected chi connectivity index (χ4v) is 1.66. The molecule has 1 heterocycles. The van der Waals surface area contributed by atoms with Crippen LogP contribution in [0.25, 0.3) is 0 Å². The van der Waals surface area contributed by atoms with Gasteiger partial charge in [-0.25, -0.2) is 4.98 Å². The average Bonchev–Trinajstić information content (AvgIpc) is 2.37. The lowest BCUT2D eigenvalue weighted by atomic mass is 10.1. The topological polar surface area (TPSA) is 104 Å². The van der Waals surface area contributed by atoms with E-state index in [2.05, 4.69) is 15.3 Å². The average molecular weight is 269 g/mol. The second-order valence-corrected chi connectivity index (χ2v) is 4.10. The fourth-order valence-electron chi connectivity index (χ4n) is 1.66. The summed E-state index contributed by atoms with van der Waals surface area (Å²) >= 11 is 0. The number of aromatic nitrogens is 2. The highest BCUT2D eigenvalue weighted by atomic mass is 16.5. The minimum absolute atomic E-state index is 0.174. The van der Waals surface area contributed by atoms with E-state index in [1.807, 2.05) is 0 Å². The number of carboxylic acid groups (broad SMARTS) is 1. The molecule has 0 atom stereocenters. The molecule has 7 nitrogen and oxygen atoms in total. The van der Waals surface area contributed by atoms with Crippen molar-refractivity contribution in [1.82, 2.24) is 9.97 Å². The molecule has 7 heteroatoms. The number of anilines is 1. The van der Waals surface area contributed by atoms with E-state index in [0.717, 1.165) is 19.3 Å². The predicted molar refractivity (Wildman–Crippen MR) is 70.6 cm³/mol. The number of aromatic amines is 1. The summed E-state index contributed by atoms with van der Waals surface area (Å²) in [6.45, 7) is 0.667. The van der Waals surface area contributed by atoms with Gasteiger partial charge in [0.25, 0.3) is 5.56 Å². The van der Waals surface area contributed by atoms with Crippen molar-refractivity contribution < 1.29 is 14.6 Å². The summed E-state index contributed by atoms with van der Waals surface area (Å²) in [5.74, 6) is -0.152. The van der Waals surface area contributed by atoms with Crippen LogP contribution < -0.4 is 15.6 Å². The number of rotatable bonds is 9. The highest BCUT2D eigenvalue weighted by molar-refractivity contribution is 5.66. The Morgan fingerprint density at radius 1 is 1.42 bits per heavy atom. The molecule has 1 aromatic rings. The summed E-state index contributed by atoms with van der Waals surface area (Å²) in [6.07, 6.45) is 4.94. The summed E-state index contributed by atoms with van der Waals surface area (Å²) < 4.78 is 4.96. The number of nitrogens with zero attached hydrogens (tertiary/aromatic N) is 1. The zero-order valence-corrected chi connectivity index (χ0v) is 10.9. The van der Waals surface area contributed by atoms with Crippen molar-refractivity contribution in [1.29, 1.82) is 0 Å². The minimum atomic E-state index is -0.754. The molecule has 0 spiro atoms. The third-order valence-electron chi connectivity index (χ3n) is 2.62. The molecule has 0 saturated heterocycles. The number of H-pyrrole nitrogens is 1. The number of ether oxygens (including phenoxy) is 1. The minimum Gasteiger partial charge on any atom is -0.489 e. The number of aliphatic carboxylic acids is 1. The number of unbranched alkanes of at least 4 members (excludes halogenated alkanes) is 3. The molecule has 0 saturated carbocycles. The van der Waals surface area contributed by atoms with Crippen molar-refractivity contribution in [3.05, 3.63) is 16.7 Å². The first kappa shape index (κ1) is 15.0. The van der Waals surface area contributed by atoms with Gasteiger partial charge in [-0.05, 0) is 12.8 Å². The van der Waals surface area contributed by atoms with Gasteiger partial charge in [-0.2, -0.15) is 0 Å². The Morgan fingerprint density at radius 2 is 2.16 bits per heavy atom. The molecule has 0 amide bonds. The van der Waals surface area contributed by atoms with Crippen molar-refractivity contribution in [2.24, 2.45) is 0 Å². The van der Waals surface area contributed by atoms with Crippen LogP contribution in [0.15, 0.2) is 11.1 Å². The molecule has 0 radical (unpaired) electrons. The quantitative estimate of drug-likeness (QED) is 0.582. The summed E-state index contributed by atoms with van der Waals surface area (Å²) in [6, 6.07) is 0. The zero-order chi connectivity index (χ0) is 14.1. The SMILES string of the molecule is COc1c(NCCCCCCC(=O)O)nc[nH]c1=O. The van der Waals surface area contributed by atoms with Gasteiger partial charge in [0.1, 0.15) is 0 Å². The van der Waals surface area contributed by atoms with Gasteiger partial charge in [-0.15, -0.1) is 0 Å². The van der Waals surface area contributed by atoms with Crippen LogP contribution in [0.1, 0.15) is 32.1 Å². The molecule has 1 rings (SSSR count). The van der Waals surface area contributed by atoms with E-state index in [9.17, 15) is 9.59 Å². The van der Waals surface area contributed by atoms with E-state index in [1.54, 1.807) is 0 Å². The van der Waals surface area contributed by atoms with Crippen LogP contribution in [0.4, 0.5) is 5.82 Å². The van der Waals surface area contributed by atoms with E-state index in [0.29, 0.717) is 18.8 Å². The summed E-state index contributed by atoms with van der Waals surface area (Å²) in [5.41, 5.74) is -0.318. The monoisotopic (exact) mass is 269 g/mol. The van der Waals surface area contributed by atoms with E-state index in [-0.39, 0.29) is 17.7 Å². The van der Waals surface area contributed by atoms with Crippen molar-refractivity contribution in [3.8, 4) is 5.75 Å². The maximum atomic E-state index is 11.4. The first-order valence-corrected chi connectivity index (χ1v) is 6.22. The second-order valence-electron chi connectivity index (χ2n) is 4.10. The Kier molecular flexibility index (Phi) is 6.42. The Balaban J connectivity index is 2.24. The van der Waals surface area contributed by atoms with Crippen LogP contribution >= 0.6 is 0 Å². The lowest BCUT2D eigenvalue weighted by Crippen LogP contribution is -2.14. The standard InChI is InChI=1S/C12H19N3O4/c1-19-10-11(14-8-15-12(10)18)13-7-5-3-2-4-6-9(16)17/h8H,2-7H2,1H3,(H,16,17)(H2,13,14,15,18). The molecular formula is C12H19N3O4. The molecule has 0 bridgehead atoms. The third-order valence-corrected chi connectivity index (χ3v) is 2.62.